The lowest BCUT2D eigenvalue weighted by Crippen LogP contribution is -2.46. The van der Waals surface area contributed by atoms with Crippen LogP contribution < -0.4 is 0 Å². The molecule has 0 amide bonds. The molecule has 4 saturated carbocycles. The van der Waals surface area contributed by atoms with Gasteiger partial charge in [0.1, 0.15) is 18.2 Å². The van der Waals surface area contributed by atoms with Crippen molar-refractivity contribution < 1.29 is 24.0 Å². The number of Topliss-reactive ketones (excluding diaryl/α,β-unsaturated/α-hetero) is 3. The first kappa shape index (κ1) is 27.6. The third-order valence-electron chi connectivity index (χ3n) is 8.99. The van der Waals surface area contributed by atoms with Gasteiger partial charge < -0.3 is 4.74 Å². The first-order valence-corrected chi connectivity index (χ1v) is 14.0. The Hall–Kier alpha value is -2.41. The molecule has 0 spiro atoms. The smallest absolute Gasteiger partial charge is 0.272 e. The van der Waals surface area contributed by atoms with Crippen molar-refractivity contribution in [2.75, 3.05) is 13.2 Å². The summed E-state index contributed by atoms with van der Waals surface area (Å²) in [4.78, 5) is 48.0. The normalized spacial score (nSPS) is 26.7. The number of rotatable bonds is 15. The highest BCUT2D eigenvalue weighted by molar-refractivity contribution is 5.84. The minimum absolute atomic E-state index is 0.0134. The Balaban J connectivity index is 1.07. The molecule has 1 atom stereocenters. The van der Waals surface area contributed by atoms with Crippen LogP contribution in [0.4, 0.5) is 5.69 Å². The van der Waals surface area contributed by atoms with Crippen LogP contribution in [0, 0.1) is 46.1 Å². The lowest BCUT2D eigenvalue weighted by atomic mass is 9.48. The molecule has 202 valence electrons. The molecule has 4 aliphatic rings. The van der Waals surface area contributed by atoms with Crippen molar-refractivity contribution in [1.82, 2.24) is 0 Å². The highest BCUT2D eigenvalue weighted by Gasteiger charge is 2.51. The number of aryl methyl sites for hydroxylation is 1. The van der Waals surface area contributed by atoms with E-state index < -0.39 is 4.92 Å². The molecule has 1 aromatic carbocycles. The van der Waals surface area contributed by atoms with E-state index >= 15 is 0 Å². The van der Waals surface area contributed by atoms with Crippen molar-refractivity contribution in [2.45, 2.75) is 90.9 Å². The Kier molecular flexibility index (Phi) is 8.94. The summed E-state index contributed by atoms with van der Waals surface area (Å²) in [6, 6.07) is 4.72. The average Bonchev–Trinajstić information content (AvgIpc) is 2.80. The second-order valence-electron chi connectivity index (χ2n) is 12.3. The number of nitro benzene ring substituents is 1. The van der Waals surface area contributed by atoms with Crippen LogP contribution in [-0.2, 0) is 25.5 Å². The van der Waals surface area contributed by atoms with Gasteiger partial charge in [0, 0.05) is 49.8 Å². The third-order valence-corrected chi connectivity index (χ3v) is 8.99. The zero-order valence-electron chi connectivity index (χ0n) is 22.3. The van der Waals surface area contributed by atoms with Crippen LogP contribution in [0.25, 0.3) is 0 Å². The maximum atomic E-state index is 12.7. The molecule has 4 aliphatic carbocycles. The van der Waals surface area contributed by atoms with E-state index in [0.717, 1.165) is 29.7 Å². The molecule has 7 heteroatoms. The van der Waals surface area contributed by atoms with E-state index in [4.69, 9.17) is 4.74 Å². The highest BCUT2D eigenvalue weighted by Crippen LogP contribution is 2.61. The van der Waals surface area contributed by atoms with Gasteiger partial charge in [-0.2, -0.15) is 0 Å². The molecule has 0 N–H and O–H groups in total. The largest absolute Gasteiger partial charge is 0.374 e. The van der Waals surface area contributed by atoms with Gasteiger partial charge in [-0.15, -0.1) is 0 Å². The summed E-state index contributed by atoms with van der Waals surface area (Å²) >= 11 is 0. The first-order chi connectivity index (χ1) is 17.6. The van der Waals surface area contributed by atoms with Crippen molar-refractivity contribution in [1.29, 1.82) is 0 Å². The molecule has 0 heterocycles. The summed E-state index contributed by atoms with van der Waals surface area (Å²) in [5, 5.41) is 11.0. The Morgan fingerprint density at radius 3 is 2.30 bits per heavy atom. The predicted octanol–water partition coefficient (Wildman–Crippen LogP) is 5.97. The van der Waals surface area contributed by atoms with E-state index in [1.807, 2.05) is 6.92 Å². The average molecular weight is 512 g/mol. The molecule has 37 heavy (non-hydrogen) atoms. The maximum absolute atomic E-state index is 12.7. The lowest BCUT2D eigenvalue weighted by Gasteiger charge is -2.56. The van der Waals surface area contributed by atoms with E-state index in [9.17, 15) is 24.5 Å². The van der Waals surface area contributed by atoms with E-state index in [1.54, 1.807) is 19.1 Å². The van der Waals surface area contributed by atoms with Gasteiger partial charge in [0.2, 0.25) is 0 Å². The van der Waals surface area contributed by atoms with Gasteiger partial charge >= 0.3 is 0 Å². The predicted molar refractivity (Wildman–Crippen MR) is 140 cm³/mol. The van der Waals surface area contributed by atoms with Crippen LogP contribution in [0.3, 0.4) is 0 Å². The van der Waals surface area contributed by atoms with E-state index in [1.165, 1.54) is 44.6 Å². The summed E-state index contributed by atoms with van der Waals surface area (Å²) in [7, 11) is 0. The molecule has 0 aliphatic heterocycles. The second kappa shape index (κ2) is 12.0. The van der Waals surface area contributed by atoms with Crippen LogP contribution in [0.15, 0.2) is 18.2 Å². The molecule has 4 bridgehead atoms. The van der Waals surface area contributed by atoms with Crippen LogP contribution >= 0.6 is 0 Å². The van der Waals surface area contributed by atoms with Crippen LogP contribution in [0.2, 0.25) is 0 Å². The number of nitrogens with zero attached hydrogens (tertiary/aromatic N) is 1. The topological polar surface area (TPSA) is 104 Å². The number of carbonyl (C=O) groups is 3. The maximum Gasteiger partial charge on any atom is 0.272 e. The van der Waals surface area contributed by atoms with Crippen molar-refractivity contribution in [3.63, 3.8) is 0 Å². The molecule has 0 radical (unpaired) electrons. The number of carbonyl (C=O) groups excluding carboxylic acids is 3. The minimum Gasteiger partial charge on any atom is -0.374 e. The van der Waals surface area contributed by atoms with E-state index in [0.29, 0.717) is 37.2 Å². The number of benzene rings is 1. The highest BCUT2D eigenvalue weighted by atomic mass is 16.6. The van der Waals surface area contributed by atoms with Gasteiger partial charge in [-0.3, -0.25) is 24.5 Å². The fourth-order valence-corrected chi connectivity index (χ4v) is 7.59. The summed E-state index contributed by atoms with van der Waals surface area (Å²) < 4.78 is 5.53. The van der Waals surface area contributed by atoms with Gasteiger partial charge in [-0.25, -0.2) is 0 Å². The zero-order chi connectivity index (χ0) is 26.6. The van der Waals surface area contributed by atoms with Gasteiger partial charge in [0.05, 0.1) is 4.92 Å². The number of nitro groups is 1. The van der Waals surface area contributed by atoms with Crippen LogP contribution in [-0.4, -0.2) is 35.5 Å². The number of hydrogen-bond donors (Lipinski definition) is 0. The first-order valence-electron chi connectivity index (χ1n) is 14.0. The molecule has 1 unspecified atom stereocenters. The molecule has 1 aromatic rings. The number of ether oxygens (including phenoxy) is 1. The van der Waals surface area contributed by atoms with E-state index in [2.05, 4.69) is 0 Å². The van der Waals surface area contributed by atoms with Gasteiger partial charge in [0.25, 0.3) is 5.69 Å². The zero-order valence-corrected chi connectivity index (χ0v) is 22.3. The summed E-state index contributed by atoms with van der Waals surface area (Å²) in [5.74, 6) is 2.63. The summed E-state index contributed by atoms with van der Waals surface area (Å²) in [6.07, 6.45) is 10.8. The Morgan fingerprint density at radius 2 is 1.70 bits per heavy atom. The number of ketones is 3. The quantitative estimate of drug-likeness (QED) is 0.163. The number of hydrogen-bond acceptors (Lipinski definition) is 6. The third kappa shape index (κ3) is 7.34. The molecule has 0 saturated heterocycles. The molecular weight excluding hydrogens is 470 g/mol. The van der Waals surface area contributed by atoms with Gasteiger partial charge in [0.15, 0.2) is 5.78 Å². The van der Waals surface area contributed by atoms with Crippen LogP contribution in [0.1, 0.15) is 88.7 Å². The lowest BCUT2D eigenvalue weighted by molar-refractivity contribution is -0.385. The van der Waals surface area contributed by atoms with Gasteiger partial charge in [-0.05, 0) is 93.1 Å². The molecule has 0 aromatic heterocycles. The summed E-state index contributed by atoms with van der Waals surface area (Å²) in [6.45, 7) is 3.90. The van der Waals surface area contributed by atoms with Crippen molar-refractivity contribution >= 4 is 23.0 Å². The molecular formula is C30H41NO6. The Labute approximate surface area is 219 Å². The minimum atomic E-state index is -0.432. The van der Waals surface area contributed by atoms with E-state index in [-0.39, 0.29) is 48.0 Å². The monoisotopic (exact) mass is 511 g/mol. The SMILES string of the molecule is Cc1cc(CC(=O)C(C)CCC(=O)COCCCC(=O)CC23CC4CC(CC(C4)C2)C3)ccc1[N+](=O)[O-]. The van der Waals surface area contributed by atoms with Crippen molar-refractivity contribution in [3.05, 3.63) is 39.4 Å². The molecule has 4 fully saturated rings. The van der Waals surface area contributed by atoms with Crippen molar-refractivity contribution in [3.8, 4) is 0 Å². The summed E-state index contributed by atoms with van der Waals surface area (Å²) in [5.41, 5.74) is 1.60. The van der Waals surface area contributed by atoms with Gasteiger partial charge in [-0.1, -0.05) is 13.0 Å². The fraction of sp³-hybridized carbons (Fsp3) is 0.700. The second-order valence-corrected chi connectivity index (χ2v) is 12.3. The molecule has 5 rings (SSSR count). The fourth-order valence-electron chi connectivity index (χ4n) is 7.59. The van der Waals surface area contributed by atoms with Crippen molar-refractivity contribution in [2.24, 2.45) is 29.1 Å². The standard InChI is InChI=1S/C30H41NO6/c1-20(29(34)14-22-6-8-28(31(35)36)21(2)10-22)5-7-27(33)19-37-9-3-4-26(32)18-30-15-23-11-24(16-30)13-25(12-23)17-30/h6,8,10,20,23-25H,3-5,7,9,11-19H2,1-2H3. The Morgan fingerprint density at radius 1 is 1.05 bits per heavy atom. The Bertz CT molecular complexity index is 996. The van der Waals surface area contributed by atoms with Crippen LogP contribution in [0.5, 0.6) is 0 Å². The molecule has 7 nitrogen and oxygen atoms in total.